The first-order valence-electron chi connectivity index (χ1n) is 10.9. The third-order valence-corrected chi connectivity index (χ3v) is 5.59. The topological polar surface area (TPSA) is 124 Å². The average Bonchev–Trinajstić information content (AvgIpc) is 2.85. The summed E-state index contributed by atoms with van der Waals surface area (Å²) in [4.78, 5) is 36.0. The maximum Gasteiger partial charge on any atom is 0.344 e. The number of nitrogens with zero attached hydrogens (tertiary/aromatic N) is 1. The van der Waals surface area contributed by atoms with E-state index in [-0.39, 0.29) is 28.7 Å². The van der Waals surface area contributed by atoms with Crippen LogP contribution in [0.2, 0.25) is 0 Å². The van der Waals surface area contributed by atoms with E-state index in [0.29, 0.717) is 22.4 Å². The third-order valence-electron chi connectivity index (χ3n) is 5.38. The summed E-state index contributed by atoms with van der Waals surface area (Å²) in [7, 11) is 0. The summed E-state index contributed by atoms with van der Waals surface area (Å²) < 4.78 is 10.7. The van der Waals surface area contributed by atoms with Crippen LogP contribution in [0.1, 0.15) is 22.8 Å². The van der Waals surface area contributed by atoms with Gasteiger partial charge in [0.2, 0.25) is 0 Å². The molecule has 182 valence electrons. The number of nitro groups is 1. The molecule has 0 aliphatic heterocycles. The summed E-state index contributed by atoms with van der Waals surface area (Å²) in [6, 6.07) is 18.2. The summed E-state index contributed by atoms with van der Waals surface area (Å²) >= 11 is 5.29. The van der Waals surface area contributed by atoms with Crippen LogP contribution in [-0.4, -0.2) is 22.5 Å². The lowest BCUT2D eigenvalue weighted by molar-refractivity contribution is -0.385. The lowest BCUT2D eigenvalue weighted by atomic mass is 10.0. The van der Waals surface area contributed by atoms with Crippen molar-refractivity contribution in [1.29, 1.82) is 0 Å². The number of carbonyl (C=O) groups is 1. The van der Waals surface area contributed by atoms with Crippen molar-refractivity contribution >= 4 is 45.6 Å². The number of ether oxygens (including phenoxy) is 1. The van der Waals surface area contributed by atoms with Crippen LogP contribution in [0, 0.1) is 17.0 Å². The molecule has 2 N–H and O–H groups in total. The molecule has 0 aliphatic rings. The molecule has 9 nitrogen and oxygen atoms in total. The molecule has 0 fully saturated rings. The van der Waals surface area contributed by atoms with E-state index in [1.54, 1.807) is 37.3 Å². The standard InChI is InChI=1S/C26H21N3O6S/c1-3-34-23-11-10-18(14-21(23)29(32)33)24(30)28-26(36)27-20-13-16(9-8-15(20)2)19-12-17-6-4-5-7-22(17)35-25(19)31/h4-14H,3H2,1-2H3,(H2,27,28,30,36). The highest BCUT2D eigenvalue weighted by atomic mass is 32.1. The molecule has 1 heterocycles. The van der Waals surface area contributed by atoms with E-state index in [1.807, 2.05) is 25.1 Å². The quantitative estimate of drug-likeness (QED) is 0.159. The Balaban J connectivity index is 1.55. The fraction of sp³-hybridized carbons (Fsp3) is 0.115. The SMILES string of the molecule is CCOc1ccc(C(=O)NC(=S)Nc2cc(-c3cc4ccccc4oc3=O)ccc2C)cc1[N+](=O)[O-]. The molecule has 0 radical (unpaired) electrons. The van der Waals surface area contributed by atoms with Crippen molar-refractivity contribution in [3.05, 3.63) is 98.4 Å². The maximum absolute atomic E-state index is 12.7. The molecule has 3 aromatic carbocycles. The van der Waals surface area contributed by atoms with Crippen molar-refractivity contribution in [3.63, 3.8) is 0 Å². The Morgan fingerprint density at radius 2 is 1.89 bits per heavy atom. The molecular formula is C26H21N3O6S. The number of anilines is 1. The van der Waals surface area contributed by atoms with Gasteiger partial charge in [-0.2, -0.15) is 0 Å². The summed E-state index contributed by atoms with van der Waals surface area (Å²) in [5, 5.41) is 17.6. The smallest absolute Gasteiger partial charge is 0.344 e. The predicted octanol–water partition coefficient (Wildman–Crippen LogP) is 5.20. The van der Waals surface area contributed by atoms with Crippen LogP contribution in [0.3, 0.4) is 0 Å². The van der Waals surface area contributed by atoms with Gasteiger partial charge >= 0.3 is 11.3 Å². The first kappa shape index (κ1) is 24.6. The van der Waals surface area contributed by atoms with Crippen LogP contribution in [0.5, 0.6) is 5.75 Å². The third kappa shape index (κ3) is 5.23. The van der Waals surface area contributed by atoms with E-state index in [2.05, 4.69) is 10.6 Å². The van der Waals surface area contributed by atoms with Gasteiger partial charge in [0.05, 0.1) is 17.1 Å². The highest BCUT2D eigenvalue weighted by Gasteiger charge is 2.19. The zero-order valence-corrected chi connectivity index (χ0v) is 20.2. The van der Waals surface area contributed by atoms with Gasteiger partial charge < -0.3 is 14.5 Å². The fourth-order valence-electron chi connectivity index (χ4n) is 3.60. The monoisotopic (exact) mass is 503 g/mol. The van der Waals surface area contributed by atoms with Gasteiger partial charge in [-0.3, -0.25) is 20.2 Å². The molecule has 0 saturated heterocycles. The van der Waals surface area contributed by atoms with Gasteiger partial charge in [-0.25, -0.2) is 4.79 Å². The Kier molecular flexibility index (Phi) is 7.07. The number of fused-ring (bicyclic) bond motifs is 1. The predicted molar refractivity (Wildman–Crippen MR) is 141 cm³/mol. The molecule has 10 heteroatoms. The summed E-state index contributed by atoms with van der Waals surface area (Å²) in [5.41, 5.74) is 2.13. The minimum atomic E-state index is -0.623. The number of benzene rings is 3. The molecule has 0 aliphatic carbocycles. The number of hydrogen-bond donors (Lipinski definition) is 2. The molecule has 0 spiro atoms. The van der Waals surface area contributed by atoms with Gasteiger partial charge in [0.1, 0.15) is 5.58 Å². The van der Waals surface area contributed by atoms with Crippen LogP contribution in [0.25, 0.3) is 22.1 Å². The summed E-state index contributed by atoms with van der Waals surface area (Å²) in [6.07, 6.45) is 0. The van der Waals surface area contributed by atoms with Crippen LogP contribution in [-0.2, 0) is 0 Å². The van der Waals surface area contributed by atoms with Crippen molar-refractivity contribution in [2.75, 3.05) is 11.9 Å². The average molecular weight is 504 g/mol. The molecule has 1 aromatic heterocycles. The van der Waals surface area contributed by atoms with Gasteiger partial charge in [0, 0.05) is 22.7 Å². The van der Waals surface area contributed by atoms with Crippen LogP contribution < -0.4 is 21.0 Å². The molecule has 1 amide bonds. The zero-order chi connectivity index (χ0) is 25.8. The Hall–Kier alpha value is -4.57. The van der Waals surface area contributed by atoms with Crippen LogP contribution in [0.15, 0.2) is 75.9 Å². The Morgan fingerprint density at radius 3 is 2.64 bits per heavy atom. The molecule has 4 rings (SSSR count). The number of carbonyl (C=O) groups excluding carboxylic acids is 1. The minimum absolute atomic E-state index is 0.0117. The molecule has 4 aromatic rings. The van der Waals surface area contributed by atoms with Crippen molar-refractivity contribution in [2.24, 2.45) is 0 Å². The van der Waals surface area contributed by atoms with E-state index >= 15 is 0 Å². The van der Waals surface area contributed by atoms with Gasteiger partial charge in [0.15, 0.2) is 10.9 Å². The van der Waals surface area contributed by atoms with Crippen LogP contribution >= 0.6 is 12.2 Å². The van der Waals surface area contributed by atoms with E-state index in [1.165, 1.54) is 12.1 Å². The van der Waals surface area contributed by atoms with Crippen molar-refractivity contribution < 1.29 is 18.9 Å². The number of aryl methyl sites for hydroxylation is 1. The molecular weight excluding hydrogens is 482 g/mol. The number of nitro benzene ring substituents is 1. The lowest BCUT2D eigenvalue weighted by Crippen LogP contribution is -2.34. The zero-order valence-electron chi connectivity index (χ0n) is 19.4. The first-order valence-corrected chi connectivity index (χ1v) is 11.3. The minimum Gasteiger partial charge on any atom is -0.487 e. The summed E-state index contributed by atoms with van der Waals surface area (Å²) in [6.45, 7) is 3.80. The van der Waals surface area contributed by atoms with Crippen LogP contribution in [0.4, 0.5) is 11.4 Å². The van der Waals surface area contributed by atoms with Crippen molar-refractivity contribution in [1.82, 2.24) is 5.32 Å². The highest BCUT2D eigenvalue weighted by Crippen LogP contribution is 2.28. The molecule has 0 atom stereocenters. The highest BCUT2D eigenvalue weighted by molar-refractivity contribution is 7.80. The Morgan fingerprint density at radius 1 is 1.11 bits per heavy atom. The number of amides is 1. The largest absolute Gasteiger partial charge is 0.487 e. The fourth-order valence-corrected chi connectivity index (χ4v) is 3.80. The Bertz CT molecular complexity index is 1560. The second-order valence-electron chi connectivity index (χ2n) is 7.80. The van der Waals surface area contributed by atoms with Gasteiger partial charge in [-0.15, -0.1) is 0 Å². The molecule has 0 bridgehead atoms. The molecule has 0 saturated carbocycles. The van der Waals surface area contributed by atoms with E-state index < -0.39 is 16.5 Å². The van der Waals surface area contributed by atoms with Crippen molar-refractivity contribution in [3.8, 4) is 16.9 Å². The number of rotatable bonds is 6. The van der Waals surface area contributed by atoms with Gasteiger partial charge in [-0.05, 0) is 67.5 Å². The number of nitrogens with one attached hydrogen (secondary N) is 2. The van der Waals surface area contributed by atoms with Crippen molar-refractivity contribution in [2.45, 2.75) is 13.8 Å². The normalized spacial score (nSPS) is 10.6. The maximum atomic E-state index is 12.7. The summed E-state index contributed by atoms with van der Waals surface area (Å²) in [5.74, 6) is -0.548. The van der Waals surface area contributed by atoms with E-state index in [9.17, 15) is 19.7 Å². The Labute approximate surface area is 210 Å². The number of hydrogen-bond acceptors (Lipinski definition) is 7. The van der Waals surface area contributed by atoms with Gasteiger partial charge in [0.25, 0.3) is 5.91 Å². The first-order chi connectivity index (χ1) is 17.3. The van der Waals surface area contributed by atoms with Gasteiger partial charge in [-0.1, -0.05) is 30.3 Å². The second-order valence-corrected chi connectivity index (χ2v) is 8.20. The van der Waals surface area contributed by atoms with E-state index in [4.69, 9.17) is 21.4 Å². The number of para-hydroxylation sites is 1. The number of thiocarbonyl (C=S) groups is 1. The molecule has 0 unspecified atom stereocenters. The molecule has 36 heavy (non-hydrogen) atoms. The van der Waals surface area contributed by atoms with E-state index in [0.717, 1.165) is 17.0 Å². The second kappa shape index (κ2) is 10.4. The lowest BCUT2D eigenvalue weighted by Gasteiger charge is -2.13.